The number of hydrogen-bond acceptors (Lipinski definition) is 4. The Morgan fingerprint density at radius 2 is 1.90 bits per heavy atom. The fourth-order valence-electron chi connectivity index (χ4n) is 2.41. The van der Waals surface area contributed by atoms with Crippen LogP contribution >= 0.6 is 0 Å². The van der Waals surface area contributed by atoms with Crippen molar-refractivity contribution in [2.24, 2.45) is 0 Å². The van der Waals surface area contributed by atoms with Crippen LogP contribution in [-0.4, -0.2) is 35.7 Å². The highest BCUT2D eigenvalue weighted by molar-refractivity contribution is 5.95. The zero-order valence-electron chi connectivity index (χ0n) is 11.5. The second-order valence-corrected chi connectivity index (χ2v) is 5.11. The van der Waals surface area contributed by atoms with Crippen LogP contribution in [0.3, 0.4) is 0 Å². The Labute approximate surface area is 122 Å². The number of hydrogen-bond donors (Lipinski definition) is 2. The van der Waals surface area contributed by atoms with E-state index in [9.17, 15) is 9.59 Å². The molecule has 1 amide bonds. The lowest BCUT2D eigenvalue weighted by Gasteiger charge is -2.36. The van der Waals surface area contributed by atoms with Gasteiger partial charge < -0.3 is 15.2 Å². The number of nitrogens with one attached hydrogen (secondary N) is 1. The minimum atomic E-state index is -0.947. The Hall–Kier alpha value is -2.39. The monoisotopic (exact) mass is 288 g/mol. The van der Waals surface area contributed by atoms with Crippen LogP contribution in [-0.2, 0) is 9.53 Å². The van der Waals surface area contributed by atoms with E-state index in [0.29, 0.717) is 37.2 Å². The molecule has 110 valence electrons. The highest BCUT2D eigenvalue weighted by Crippen LogP contribution is 2.25. The molecule has 1 aliphatic rings. The predicted octanol–water partition coefficient (Wildman–Crippen LogP) is 1.31. The third kappa shape index (κ3) is 3.80. The molecule has 0 aromatic heterocycles. The molecule has 0 unspecified atom stereocenters. The predicted molar refractivity (Wildman–Crippen MR) is 73.7 cm³/mol. The van der Waals surface area contributed by atoms with Gasteiger partial charge in [-0.25, -0.2) is 0 Å². The second-order valence-electron chi connectivity index (χ2n) is 5.11. The van der Waals surface area contributed by atoms with Gasteiger partial charge in [0.25, 0.3) is 5.91 Å². The molecule has 0 radical (unpaired) electrons. The van der Waals surface area contributed by atoms with Crippen LogP contribution in [0.15, 0.2) is 24.3 Å². The Balaban J connectivity index is 2.13. The number of benzene rings is 1. The molecule has 1 aromatic rings. The molecule has 21 heavy (non-hydrogen) atoms. The number of amides is 1. The van der Waals surface area contributed by atoms with E-state index in [1.807, 2.05) is 6.07 Å². The highest BCUT2D eigenvalue weighted by Gasteiger charge is 2.36. The third-order valence-corrected chi connectivity index (χ3v) is 3.59. The van der Waals surface area contributed by atoms with E-state index in [2.05, 4.69) is 5.32 Å². The van der Waals surface area contributed by atoms with Crippen molar-refractivity contribution in [1.29, 1.82) is 5.26 Å². The molecule has 0 aliphatic carbocycles. The fourth-order valence-corrected chi connectivity index (χ4v) is 2.41. The molecule has 0 bridgehead atoms. The first-order valence-corrected chi connectivity index (χ1v) is 6.67. The topological polar surface area (TPSA) is 99.4 Å². The van der Waals surface area contributed by atoms with Crippen molar-refractivity contribution in [3.05, 3.63) is 35.4 Å². The van der Waals surface area contributed by atoms with Crippen molar-refractivity contribution in [3.8, 4) is 6.07 Å². The second kappa shape index (κ2) is 6.37. The van der Waals surface area contributed by atoms with E-state index in [1.54, 1.807) is 24.3 Å². The number of ether oxygens (including phenoxy) is 1. The summed E-state index contributed by atoms with van der Waals surface area (Å²) in [6.07, 6.45) is 0.820. The summed E-state index contributed by atoms with van der Waals surface area (Å²) in [5.74, 6) is -1.28. The molecule has 1 fully saturated rings. The summed E-state index contributed by atoms with van der Waals surface area (Å²) in [6, 6.07) is 8.21. The number of carbonyl (C=O) groups is 2. The summed E-state index contributed by atoms with van der Waals surface area (Å²) < 4.78 is 5.24. The summed E-state index contributed by atoms with van der Waals surface area (Å²) in [4.78, 5) is 23.3. The van der Waals surface area contributed by atoms with E-state index in [4.69, 9.17) is 15.1 Å². The van der Waals surface area contributed by atoms with E-state index >= 15 is 0 Å². The summed E-state index contributed by atoms with van der Waals surface area (Å²) in [6.45, 7) is 0.863. The average molecular weight is 288 g/mol. The molecule has 6 heteroatoms. The van der Waals surface area contributed by atoms with Crippen molar-refractivity contribution in [1.82, 2.24) is 5.32 Å². The number of nitrogens with zero attached hydrogens (tertiary/aromatic N) is 1. The van der Waals surface area contributed by atoms with Gasteiger partial charge in [-0.3, -0.25) is 9.59 Å². The SMILES string of the molecule is N#Cc1ccc(C(=O)NC2(CC(=O)O)CCOCC2)cc1. The number of aliphatic carboxylic acids is 1. The maximum atomic E-state index is 12.3. The van der Waals surface area contributed by atoms with Gasteiger partial charge in [0.1, 0.15) is 0 Å². The van der Waals surface area contributed by atoms with Gasteiger partial charge >= 0.3 is 5.97 Å². The van der Waals surface area contributed by atoms with E-state index < -0.39 is 11.5 Å². The molecule has 2 N–H and O–H groups in total. The zero-order chi connectivity index (χ0) is 15.3. The maximum absolute atomic E-state index is 12.3. The van der Waals surface area contributed by atoms with Crippen LogP contribution in [0.1, 0.15) is 35.2 Å². The number of carboxylic acid groups (broad SMARTS) is 1. The normalized spacial score (nSPS) is 16.7. The van der Waals surface area contributed by atoms with Gasteiger partial charge in [0.2, 0.25) is 0 Å². The molecule has 0 atom stereocenters. The van der Waals surface area contributed by atoms with Crippen molar-refractivity contribution in [3.63, 3.8) is 0 Å². The van der Waals surface area contributed by atoms with Crippen LogP contribution in [0.4, 0.5) is 0 Å². The smallest absolute Gasteiger partial charge is 0.305 e. The molecule has 1 aromatic carbocycles. The Morgan fingerprint density at radius 1 is 1.29 bits per heavy atom. The first kappa shape index (κ1) is 15.0. The molecule has 1 heterocycles. The molecular weight excluding hydrogens is 272 g/mol. The lowest BCUT2D eigenvalue weighted by Crippen LogP contribution is -2.53. The van der Waals surface area contributed by atoms with Crippen molar-refractivity contribution in [2.45, 2.75) is 24.8 Å². The molecular formula is C15H16N2O4. The van der Waals surface area contributed by atoms with Gasteiger partial charge in [-0.2, -0.15) is 5.26 Å². The van der Waals surface area contributed by atoms with E-state index in [0.717, 1.165) is 0 Å². The van der Waals surface area contributed by atoms with Crippen LogP contribution in [0.5, 0.6) is 0 Å². The van der Waals surface area contributed by atoms with Crippen LogP contribution in [0, 0.1) is 11.3 Å². The zero-order valence-corrected chi connectivity index (χ0v) is 11.5. The number of rotatable bonds is 4. The van der Waals surface area contributed by atoms with Gasteiger partial charge in [0, 0.05) is 18.8 Å². The molecule has 1 aliphatic heterocycles. The number of carbonyl (C=O) groups excluding carboxylic acids is 1. The van der Waals surface area contributed by atoms with E-state index in [1.165, 1.54) is 0 Å². The average Bonchev–Trinajstić information content (AvgIpc) is 2.47. The van der Waals surface area contributed by atoms with Gasteiger partial charge in [0.15, 0.2) is 0 Å². The molecule has 0 saturated carbocycles. The molecule has 0 spiro atoms. The first-order chi connectivity index (χ1) is 10.0. The van der Waals surface area contributed by atoms with E-state index in [-0.39, 0.29) is 12.3 Å². The number of nitriles is 1. The van der Waals surface area contributed by atoms with Gasteiger partial charge in [-0.05, 0) is 37.1 Å². The highest BCUT2D eigenvalue weighted by atomic mass is 16.5. The summed E-state index contributed by atoms with van der Waals surface area (Å²) >= 11 is 0. The fraction of sp³-hybridized carbons (Fsp3) is 0.400. The van der Waals surface area contributed by atoms with Crippen molar-refractivity contribution >= 4 is 11.9 Å². The van der Waals surface area contributed by atoms with Crippen molar-refractivity contribution in [2.75, 3.05) is 13.2 Å². The lowest BCUT2D eigenvalue weighted by molar-refractivity contribution is -0.139. The lowest BCUT2D eigenvalue weighted by atomic mass is 9.86. The van der Waals surface area contributed by atoms with Crippen LogP contribution in [0.25, 0.3) is 0 Å². The van der Waals surface area contributed by atoms with Crippen LogP contribution < -0.4 is 5.32 Å². The molecule has 6 nitrogen and oxygen atoms in total. The minimum absolute atomic E-state index is 0.127. The summed E-state index contributed by atoms with van der Waals surface area (Å²) in [5, 5.41) is 20.6. The quantitative estimate of drug-likeness (QED) is 0.870. The van der Waals surface area contributed by atoms with Gasteiger partial charge in [-0.1, -0.05) is 0 Å². The third-order valence-electron chi connectivity index (χ3n) is 3.59. The van der Waals surface area contributed by atoms with Gasteiger partial charge in [-0.15, -0.1) is 0 Å². The van der Waals surface area contributed by atoms with Crippen molar-refractivity contribution < 1.29 is 19.4 Å². The Bertz CT molecular complexity index is 568. The first-order valence-electron chi connectivity index (χ1n) is 6.67. The largest absolute Gasteiger partial charge is 0.481 e. The molecule has 2 rings (SSSR count). The Kier molecular flexibility index (Phi) is 4.55. The Morgan fingerprint density at radius 3 is 2.43 bits per heavy atom. The van der Waals surface area contributed by atoms with Crippen LogP contribution in [0.2, 0.25) is 0 Å². The number of carboxylic acids is 1. The maximum Gasteiger partial charge on any atom is 0.305 e. The molecule has 1 saturated heterocycles. The standard InChI is InChI=1S/C15H16N2O4/c16-10-11-1-3-12(4-2-11)14(20)17-15(9-13(18)19)5-7-21-8-6-15/h1-4H,5-9H2,(H,17,20)(H,18,19). The summed E-state index contributed by atoms with van der Waals surface area (Å²) in [7, 11) is 0. The minimum Gasteiger partial charge on any atom is -0.481 e. The summed E-state index contributed by atoms with van der Waals surface area (Å²) in [5.41, 5.74) is 0.109. The van der Waals surface area contributed by atoms with Gasteiger partial charge in [0.05, 0.1) is 23.6 Å².